The molecule has 0 saturated carbocycles. The molecule has 5 nitrogen and oxygen atoms in total. The number of rotatable bonds is 5. The summed E-state index contributed by atoms with van der Waals surface area (Å²) in [7, 11) is 1.58. The van der Waals surface area contributed by atoms with Gasteiger partial charge in [0.25, 0.3) is 0 Å². The van der Waals surface area contributed by atoms with Gasteiger partial charge in [0, 0.05) is 12.6 Å². The Morgan fingerprint density at radius 2 is 2.11 bits per heavy atom. The van der Waals surface area contributed by atoms with Crippen molar-refractivity contribution >= 4 is 11.5 Å². The van der Waals surface area contributed by atoms with Crippen molar-refractivity contribution in [3.8, 4) is 5.88 Å². The Labute approximate surface area is 115 Å². The lowest BCUT2D eigenvalue weighted by Crippen LogP contribution is -2.38. The van der Waals surface area contributed by atoms with E-state index in [0.717, 1.165) is 12.4 Å². The maximum atomic E-state index is 5.76. The van der Waals surface area contributed by atoms with E-state index >= 15 is 0 Å². The van der Waals surface area contributed by atoms with Gasteiger partial charge in [0.1, 0.15) is 5.82 Å². The first-order valence-corrected chi connectivity index (χ1v) is 6.98. The third-order valence-corrected chi connectivity index (χ3v) is 3.46. The van der Waals surface area contributed by atoms with E-state index in [9.17, 15) is 0 Å². The molecule has 0 aliphatic carbocycles. The molecule has 1 atom stereocenters. The monoisotopic (exact) mass is 264 g/mol. The summed E-state index contributed by atoms with van der Waals surface area (Å²) in [6.45, 7) is 5.66. The smallest absolute Gasteiger partial charge is 0.238 e. The van der Waals surface area contributed by atoms with E-state index in [1.54, 1.807) is 7.11 Å². The molecule has 0 aromatic carbocycles. The highest BCUT2D eigenvalue weighted by molar-refractivity contribution is 5.53. The topological polar surface area (TPSA) is 63.4 Å². The molecule has 5 heteroatoms. The Morgan fingerprint density at radius 1 is 1.37 bits per heavy atom. The molecule has 1 aromatic heterocycles. The minimum absolute atomic E-state index is 0.360. The predicted molar refractivity (Wildman–Crippen MR) is 78.6 cm³/mol. The molecule has 1 saturated heterocycles. The van der Waals surface area contributed by atoms with Crippen LogP contribution in [0.3, 0.4) is 0 Å². The number of nitrogens with two attached hydrogens (primary N) is 1. The van der Waals surface area contributed by atoms with Crippen molar-refractivity contribution in [1.82, 2.24) is 9.88 Å². The molecule has 1 aromatic rings. The van der Waals surface area contributed by atoms with E-state index in [4.69, 9.17) is 10.5 Å². The Hall–Kier alpha value is -1.49. The van der Waals surface area contributed by atoms with E-state index < -0.39 is 0 Å². The van der Waals surface area contributed by atoms with Crippen molar-refractivity contribution in [2.24, 2.45) is 0 Å². The van der Waals surface area contributed by atoms with Gasteiger partial charge in [-0.3, -0.25) is 0 Å². The van der Waals surface area contributed by atoms with Crippen LogP contribution in [-0.4, -0.2) is 42.7 Å². The normalized spacial score (nSPS) is 18.0. The predicted octanol–water partition coefficient (Wildman–Crippen LogP) is 1.96. The first-order valence-electron chi connectivity index (χ1n) is 6.98. The van der Waals surface area contributed by atoms with Gasteiger partial charge in [-0.05, 0) is 45.0 Å². The molecule has 1 unspecified atom stereocenters. The van der Waals surface area contributed by atoms with Crippen molar-refractivity contribution in [2.75, 3.05) is 37.8 Å². The van der Waals surface area contributed by atoms with Crippen LogP contribution in [0, 0.1) is 0 Å². The Morgan fingerprint density at radius 3 is 2.79 bits per heavy atom. The largest absolute Gasteiger partial charge is 0.479 e. The summed E-state index contributed by atoms with van der Waals surface area (Å²) in [5.74, 6) is 1.30. The van der Waals surface area contributed by atoms with Crippen molar-refractivity contribution in [3.05, 3.63) is 12.1 Å². The van der Waals surface area contributed by atoms with Gasteiger partial charge in [0.15, 0.2) is 0 Å². The average molecular weight is 264 g/mol. The maximum absolute atomic E-state index is 5.76. The third kappa shape index (κ3) is 3.99. The zero-order chi connectivity index (χ0) is 13.7. The first-order chi connectivity index (χ1) is 9.19. The number of anilines is 2. The molecule has 3 N–H and O–H groups in total. The highest BCUT2D eigenvalue weighted by atomic mass is 16.5. The molecule has 0 radical (unpaired) electrons. The van der Waals surface area contributed by atoms with Crippen LogP contribution >= 0.6 is 0 Å². The minimum Gasteiger partial charge on any atom is -0.479 e. The highest BCUT2D eigenvalue weighted by Crippen LogP contribution is 2.20. The summed E-state index contributed by atoms with van der Waals surface area (Å²) >= 11 is 0. The summed E-state index contributed by atoms with van der Waals surface area (Å²) in [4.78, 5) is 6.86. The molecule has 0 amide bonds. The Balaban J connectivity index is 1.88. The SMILES string of the molecule is COc1nc(NC(C)CN2CCCCC2)ccc1N. The number of nitrogen functional groups attached to an aromatic ring is 1. The number of nitrogens with zero attached hydrogens (tertiary/aromatic N) is 2. The zero-order valence-corrected chi connectivity index (χ0v) is 11.9. The van der Waals surface area contributed by atoms with Crippen molar-refractivity contribution < 1.29 is 4.74 Å². The van der Waals surface area contributed by atoms with Crippen LogP contribution in [0.5, 0.6) is 5.88 Å². The molecule has 0 bridgehead atoms. The van der Waals surface area contributed by atoms with E-state index in [-0.39, 0.29) is 0 Å². The summed E-state index contributed by atoms with van der Waals surface area (Å²) in [6, 6.07) is 4.07. The number of pyridine rings is 1. The molecule has 1 aliphatic heterocycles. The zero-order valence-electron chi connectivity index (χ0n) is 11.9. The molecule has 1 fully saturated rings. The second-order valence-corrected chi connectivity index (χ2v) is 5.20. The number of aromatic nitrogens is 1. The van der Waals surface area contributed by atoms with Gasteiger partial charge in [-0.1, -0.05) is 6.42 Å². The number of ether oxygens (including phenoxy) is 1. The Bertz CT molecular complexity index is 404. The first kappa shape index (κ1) is 13.9. The van der Waals surface area contributed by atoms with Gasteiger partial charge in [-0.2, -0.15) is 4.98 Å². The molecular weight excluding hydrogens is 240 g/mol. The van der Waals surface area contributed by atoms with E-state index in [2.05, 4.69) is 22.1 Å². The number of methoxy groups -OCH3 is 1. The van der Waals surface area contributed by atoms with E-state index in [0.29, 0.717) is 17.6 Å². The molecule has 106 valence electrons. The second-order valence-electron chi connectivity index (χ2n) is 5.20. The summed E-state index contributed by atoms with van der Waals surface area (Å²) < 4.78 is 5.13. The lowest BCUT2D eigenvalue weighted by molar-refractivity contribution is 0.223. The number of likely N-dealkylation sites (tertiary alicyclic amines) is 1. The fourth-order valence-electron chi connectivity index (χ4n) is 2.52. The number of piperidine rings is 1. The van der Waals surface area contributed by atoms with Crippen LogP contribution in [0.2, 0.25) is 0 Å². The number of hydrogen-bond donors (Lipinski definition) is 2. The highest BCUT2D eigenvalue weighted by Gasteiger charge is 2.14. The van der Waals surface area contributed by atoms with Crippen LogP contribution in [0.25, 0.3) is 0 Å². The molecule has 2 heterocycles. The van der Waals surface area contributed by atoms with Crippen LogP contribution < -0.4 is 15.8 Å². The second kappa shape index (κ2) is 6.61. The number of hydrogen-bond acceptors (Lipinski definition) is 5. The quantitative estimate of drug-likeness (QED) is 0.851. The van der Waals surface area contributed by atoms with E-state index in [1.807, 2.05) is 12.1 Å². The van der Waals surface area contributed by atoms with Gasteiger partial charge >= 0.3 is 0 Å². The lowest BCUT2D eigenvalue weighted by atomic mass is 10.1. The van der Waals surface area contributed by atoms with Crippen LogP contribution in [0.15, 0.2) is 12.1 Å². The van der Waals surface area contributed by atoms with E-state index in [1.165, 1.54) is 32.4 Å². The van der Waals surface area contributed by atoms with Crippen molar-refractivity contribution in [3.63, 3.8) is 0 Å². The van der Waals surface area contributed by atoms with Crippen LogP contribution in [-0.2, 0) is 0 Å². The maximum Gasteiger partial charge on any atom is 0.238 e. The lowest BCUT2D eigenvalue weighted by Gasteiger charge is -2.29. The van der Waals surface area contributed by atoms with Crippen LogP contribution in [0.4, 0.5) is 11.5 Å². The number of nitrogens with one attached hydrogen (secondary N) is 1. The third-order valence-electron chi connectivity index (χ3n) is 3.46. The van der Waals surface area contributed by atoms with Gasteiger partial charge in [0.05, 0.1) is 12.8 Å². The average Bonchev–Trinajstić information content (AvgIpc) is 2.42. The molecule has 1 aliphatic rings. The Kier molecular flexibility index (Phi) is 4.85. The van der Waals surface area contributed by atoms with Gasteiger partial charge < -0.3 is 20.7 Å². The summed E-state index contributed by atoms with van der Waals surface area (Å²) in [5.41, 5.74) is 6.32. The molecule has 2 rings (SSSR count). The van der Waals surface area contributed by atoms with Gasteiger partial charge in [-0.25, -0.2) is 0 Å². The summed E-state index contributed by atoms with van der Waals surface area (Å²) in [5, 5.41) is 3.40. The molecular formula is C14H24N4O. The fourth-order valence-corrected chi connectivity index (χ4v) is 2.52. The van der Waals surface area contributed by atoms with Crippen molar-refractivity contribution in [1.29, 1.82) is 0 Å². The fraction of sp³-hybridized carbons (Fsp3) is 0.643. The summed E-state index contributed by atoms with van der Waals surface area (Å²) in [6.07, 6.45) is 4.01. The minimum atomic E-state index is 0.360. The standard InChI is InChI=1S/C14H24N4O/c1-11(10-18-8-4-3-5-9-18)16-13-7-6-12(15)14(17-13)19-2/h6-7,11H,3-5,8-10,15H2,1-2H3,(H,16,17). The van der Waals surface area contributed by atoms with Crippen LogP contribution in [0.1, 0.15) is 26.2 Å². The van der Waals surface area contributed by atoms with Gasteiger partial charge in [-0.15, -0.1) is 0 Å². The molecule has 0 spiro atoms. The van der Waals surface area contributed by atoms with Gasteiger partial charge in [0.2, 0.25) is 5.88 Å². The molecule has 19 heavy (non-hydrogen) atoms. The van der Waals surface area contributed by atoms with Crippen molar-refractivity contribution in [2.45, 2.75) is 32.2 Å².